The van der Waals surface area contributed by atoms with Crippen LogP contribution < -0.4 is 4.99 Å². The van der Waals surface area contributed by atoms with Crippen molar-refractivity contribution in [1.82, 2.24) is 4.99 Å². The fourth-order valence-corrected chi connectivity index (χ4v) is 1.81. The molecule has 0 saturated heterocycles. The molecule has 0 aromatic carbocycles. The average Bonchev–Trinajstić information content (AvgIpc) is 2.05. The number of dihydropyridines is 1. The molecular weight excluding hydrogens is 122 g/mol. The first-order valence-electron chi connectivity index (χ1n) is 4.17. The molecule has 10 heavy (non-hydrogen) atoms. The van der Waals surface area contributed by atoms with Crippen LogP contribution in [0.4, 0.5) is 0 Å². The van der Waals surface area contributed by atoms with Gasteiger partial charge in [0.2, 0.25) is 12.8 Å². The molecule has 0 spiro atoms. The van der Waals surface area contributed by atoms with E-state index < -0.39 is 0 Å². The van der Waals surface area contributed by atoms with E-state index in [0.717, 1.165) is 6.54 Å². The fraction of sp³-hybridized carbons (Fsp3) is 0.667. The normalized spacial score (nSPS) is 24.8. The highest BCUT2D eigenvalue weighted by Gasteiger charge is 2.18. The first-order chi connectivity index (χ1) is 4.97. The SMILES string of the molecule is C1=[N+]CCC2=C1CCCC2. The van der Waals surface area contributed by atoms with Crippen molar-refractivity contribution in [2.75, 3.05) is 6.54 Å². The van der Waals surface area contributed by atoms with E-state index in [2.05, 4.69) is 11.2 Å². The van der Waals surface area contributed by atoms with Gasteiger partial charge in [-0.15, -0.1) is 0 Å². The van der Waals surface area contributed by atoms with E-state index in [1.807, 2.05) is 0 Å². The van der Waals surface area contributed by atoms with Gasteiger partial charge in [0.25, 0.3) is 0 Å². The van der Waals surface area contributed by atoms with Crippen molar-refractivity contribution in [2.45, 2.75) is 32.1 Å². The first kappa shape index (κ1) is 6.14. The molecule has 0 N–H and O–H groups in total. The molecule has 2 aliphatic rings. The predicted octanol–water partition coefficient (Wildman–Crippen LogP) is 1.67. The monoisotopic (exact) mass is 135 g/mol. The van der Waals surface area contributed by atoms with Crippen molar-refractivity contribution < 1.29 is 0 Å². The highest BCUT2D eigenvalue weighted by atomic mass is 14.7. The molecule has 53 valence electrons. The molecule has 0 bridgehead atoms. The summed E-state index contributed by atoms with van der Waals surface area (Å²) in [6, 6.07) is 0. The summed E-state index contributed by atoms with van der Waals surface area (Å²) < 4.78 is 0. The number of aliphatic imine (C=N–C) groups is 1. The first-order valence-corrected chi connectivity index (χ1v) is 4.17. The Kier molecular flexibility index (Phi) is 1.58. The summed E-state index contributed by atoms with van der Waals surface area (Å²) in [5, 5.41) is 0. The van der Waals surface area contributed by atoms with E-state index in [-0.39, 0.29) is 0 Å². The second-order valence-electron chi connectivity index (χ2n) is 3.12. The van der Waals surface area contributed by atoms with Crippen molar-refractivity contribution in [1.29, 1.82) is 0 Å². The molecule has 1 radical (unpaired) electrons. The maximum atomic E-state index is 4.28. The van der Waals surface area contributed by atoms with Crippen molar-refractivity contribution in [3.05, 3.63) is 11.1 Å². The van der Waals surface area contributed by atoms with Gasteiger partial charge >= 0.3 is 0 Å². The fourth-order valence-electron chi connectivity index (χ4n) is 1.81. The lowest BCUT2D eigenvalue weighted by atomic mass is 9.89. The molecule has 1 heteroatoms. The Hall–Kier alpha value is -0.590. The molecule has 1 heterocycles. The Balaban J connectivity index is 2.23. The molecule has 0 unspecified atom stereocenters. The number of hydrogen-bond donors (Lipinski definition) is 0. The summed E-state index contributed by atoms with van der Waals surface area (Å²) in [5.41, 5.74) is 3.25. The lowest BCUT2D eigenvalue weighted by Crippen LogP contribution is -2.12. The van der Waals surface area contributed by atoms with Crippen LogP contribution in [-0.4, -0.2) is 12.8 Å². The Bertz CT molecular complexity index is 189. The zero-order valence-electron chi connectivity index (χ0n) is 6.27. The molecule has 1 aliphatic carbocycles. The van der Waals surface area contributed by atoms with Crippen molar-refractivity contribution in [3.8, 4) is 0 Å². The second kappa shape index (κ2) is 2.57. The third-order valence-electron chi connectivity index (χ3n) is 2.42. The Morgan fingerprint density at radius 3 is 2.90 bits per heavy atom. The lowest BCUT2D eigenvalue weighted by molar-refractivity contribution is 0.650. The van der Waals surface area contributed by atoms with Gasteiger partial charge in [0.05, 0.1) is 0 Å². The van der Waals surface area contributed by atoms with Gasteiger partial charge in [-0.05, 0) is 25.7 Å². The minimum Gasteiger partial charge on any atom is -0.0543 e. The molecule has 0 amide bonds. The van der Waals surface area contributed by atoms with Crippen molar-refractivity contribution >= 4 is 6.21 Å². The minimum absolute atomic E-state index is 1.04. The maximum Gasteiger partial charge on any atom is 0.237 e. The second-order valence-corrected chi connectivity index (χ2v) is 3.12. The summed E-state index contributed by atoms with van der Waals surface area (Å²) in [4.78, 5) is 4.28. The van der Waals surface area contributed by atoms with Gasteiger partial charge in [-0.2, -0.15) is 0 Å². The van der Waals surface area contributed by atoms with Gasteiger partial charge in [-0.3, -0.25) is 0 Å². The van der Waals surface area contributed by atoms with E-state index in [4.69, 9.17) is 0 Å². The van der Waals surface area contributed by atoms with Gasteiger partial charge in [-0.25, -0.2) is 0 Å². The zero-order valence-corrected chi connectivity index (χ0v) is 6.27. The van der Waals surface area contributed by atoms with Gasteiger partial charge in [0.15, 0.2) is 0 Å². The number of rotatable bonds is 0. The topological polar surface area (TPSA) is 14.1 Å². The third kappa shape index (κ3) is 1.00. The Morgan fingerprint density at radius 2 is 2.00 bits per heavy atom. The van der Waals surface area contributed by atoms with Crippen LogP contribution in [0.3, 0.4) is 0 Å². The molecule has 0 saturated carbocycles. The highest BCUT2D eigenvalue weighted by Crippen LogP contribution is 2.26. The van der Waals surface area contributed by atoms with Crippen molar-refractivity contribution in [3.63, 3.8) is 0 Å². The van der Waals surface area contributed by atoms with Crippen LogP contribution in [0.25, 0.3) is 0 Å². The van der Waals surface area contributed by atoms with Crippen LogP contribution in [0.1, 0.15) is 32.1 Å². The third-order valence-corrected chi connectivity index (χ3v) is 2.42. The molecular formula is C9H13N+. The smallest absolute Gasteiger partial charge is 0.0543 e. The van der Waals surface area contributed by atoms with E-state index in [9.17, 15) is 0 Å². The average molecular weight is 135 g/mol. The van der Waals surface area contributed by atoms with Gasteiger partial charge in [0, 0.05) is 17.0 Å². The number of allylic oxidation sites excluding steroid dienone is 1. The minimum atomic E-state index is 1.04. The van der Waals surface area contributed by atoms with Crippen LogP contribution in [0.5, 0.6) is 0 Å². The summed E-state index contributed by atoms with van der Waals surface area (Å²) >= 11 is 0. The molecule has 0 aromatic rings. The standard InChI is InChI=1S/C9H13N/c1-2-4-9-7-10-6-5-8(9)3-1/h7H,1-6H2/q+1. The van der Waals surface area contributed by atoms with Crippen LogP contribution in [0.2, 0.25) is 0 Å². The van der Waals surface area contributed by atoms with Crippen LogP contribution in [0.15, 0.2) is 11.1 Å². The van der Waals surface area contributed by atoms with Crippen LogP contribution >= 0.6 is 0 Å². The van der Waals surface area contributed by atoms with Gasteiger partial charge < -0.3 is 0 Å². The van der Waals surface area contributed by atoms with E-state index in [1.165, 1.54) is 32.1 Å². The van der Waals surface area contributed by atoms with Gasteiger partial charge in [-0.1, -0.05) is 5.57 Å². The van der Waals surface area contributed by atoms with Crippen LogP contribution in [0, 0.1) is 0 Å². The molecule has 0 atom stereocenters. The number of nitrogens with zero attached hydrogens (tertiary/aromatic N) is 1. The quantitative estimate of drug-likeness (QED) is 0.479. The Labute approximate surface area is 61.9 Å². The zero-order chi connectivity index (χ0) is 6.81. The summed E-state index contributed by atoms with van der Waals surface area (Å²) in [6.45, 7) is 1.04. The predicted molar refractivity (Wildman–Crippen MR) is 43.2 cm³/mol. The molecule has 0 aromatic heterocycles. The number of hydrogen-bond acceptors (Lipinski definition) is 1. The largest absolute Gasteiger partial charge is 0.237 e. The molecule has 0 fully saturated rings. The summed E-state index contributed by atoms with van der Waals surface area (Å²) in [7, 11) is 0. The van der Waals surface area contributed by atoms with E-state index in [0.29, 0.717) is 0 Å². The molecule has 1 nitrogen and oxygen atoms in total. The highest BCUT2D eigenvalue weighted by molar-refractivity contribution is 5.79. The Morgan fingerprint density at radius 1 is 1.10 bits per heavy atom. The van der Waals surface area contributed by atoms with Crippen LogP contribution in [-0.2, 0) is 0 Å². The van der Waals surface area contributed by atoms with E-state index in [1.54, 1.807) is 11.1 Å². The molecule has 1 aliphatic heterocycles. The molecule has 2 rings (SSSR count). The summed E-state index contributed by atoms with van der Waals surface area (Å²) in [5.74, 6) is 0. The van der Waals surface area contributed by atoms with E-state index >= 15 is 0 Å². The van der Waals surface area contributed by atoms with Crippen molar-refractivity contribution in [2.24, 2.45) is 0 Å². The van der Waals surface area contributed by atoms with Gasteiger partial charge in [0.1, 0.15) is 0 Å². The maximum absolute atomic E-state index is 4.28. The lowest BCUT2D eigenvalue weighted by Gasteiger charge is -2.15. The summed E-state index contributed by atoms with van der Waals surface area (Å²) in [6.07, 6.45) is 8.77.